The molecule has 0 N–H and O–H groups in total. The smallest absolute Gasteiger partial charge is 0.274 e. The summed E-state index contributed by atoms with van der Waals surface area (Å²) in [4.78, 5) is 38.2. The monoisotopic (exact) mass is 472 g/mol. The maximum absolute atomic E-state index is 14.8. The molecule has 5 nitrogen and oxygen atoms in total. The van der Waals surface area contributed by atoms with E-state index in [2.05, 4.69) is 0 Å². The molecule has 1 heterocycles. The Hall–Kier alpha value is -2.58. The number of hydrogen-bond donors (Lipinski definition) is 0. The van der Waals surface area contributed by atoms with Crippen LogP contribution in [-0.4, -0.2) is 40.7 Å². The molecule has 164 valence electrons. The molecule has 10 heteroatoms. The molecule has 1 saturated heterocycles. The molecule has 0 spiro atoms. The summed E-state index contributed by atoms with van der Waals surface area (Å²) in [5, 5.41) is 0.239. The largest absolute Gasteiger partial charge is 0.333 e. The quantitative estimate of drug-likeness (QED) is 0.532. The molecule has 4 amide bonds. The summed E-state index contributed by atoms with van der Waals surface area (Å²) in [7, 11) is 0. The van der Waals surface area contributed by atoms with Crippen LogP contribution in [0.2, 0.25) is 10.0 Å². The average molecular weight is 473 g/mol. The van der Waals surface area contributed by atoms with Crippen LogP contribution in [0.4, 0.5) is 18.0 Å². The third-order valence-corrected chi connectivity index (χ3v) is 5.16. The minimum atomic E-state index is -1.95. The Morgan fingerprint density at radius 3 is 1.81 bits per heavy atom. The highest BCUT2D eigenvalue weighted by Gasteiger charge is 2.40. The van der Waals surface area contributed by atoms with Gasteiger partial charge in [-0.15, -0.1) is 0 Å². The van der Waals surface area contributed by atoms with Crippen molar-refractivity contribution in [3.05, 3.63) is 69.0 Å². The van der Waals surface area contributed by atoms with Gasteiger partial charge in [0.1, 0.15) is 24.6 Å². The molecule has 1 aliphatic heterocycles. The number of halogens is 5. The van der Waals surface area contributed by atoms with E-state index in [-0.39, 0.29) is 16.1 Å². The van der Waals surface area contributed by atoms with Gasteiger partial charge in [-0.2, -0.15) is 0 Å². The van der Waals surface area contributed by atoms with E-state index in [0.29, 0.717) is 20.4 Å². The number of rotatable bonds is 6. The van der Waals surface area contributed by atoms with Crippen LogP contribution in [0, 0.1) is 12.7 Å². The lowest BCUT2D eigenvalue weighted by molar-refractivity contribution is -0.143. The highest BCUT2D eigenvalue weighted by Crippen LogP contribution is 2.28. The van der Waals surface area contributed by atoms with Crippen molar-refractivity contribution in [2.45, 2.75) is 25.7 Å². The van der Waals surface area contributed by atoms with E-state index in [0.717, 1.165) is 18.2 Å². The molecule has 0 bridgehead atoms. The second kappa shape index (κ2) is 9.28. The van der Waals surface area contributed by atoms with Gasteiger partial charge in [-0.3, -0.25) is 19.4 Å². The SMILES string of the molecule is Cc1cc(Cl)cc([C@H](F)CN2C(=O)CC(=O)N(C[C@@H](F)c3cc(F)cc(Cl)c3)C2=O)c1. The molecule has 0 radical (unpaired) electrons. The van der Waals surface area contributed by atoms with Crippen molar-refractivity contribution in [1.82, 2.24) is 9.80 Å². The summed E-state index contributed by atoms with van der Waals surface area (Å²) < 4.78 is 43.0. The predicted octanol–water partition coefficient (Wildman–Crippen LogP) is 5.34. The number of urea groups is 1. The zero-order valence-electron chi connectivity index (χ0n) is 16.2. The molecule has 0 saturated carbocycles. The Kier molecular flexibility index (Phi) is 6.91. The van der Waals surface area contributed by atoms with Crippen LogP contribution in [0.5, 0.6) is 0 Å². The highest BCUT2D eigenvalue weighted by atomic mass is 35.5. The molecule has 2 aromatic carbocycles. The first-order valence-electron chi connectivity index (χ1n) is 9.21. The highest BCUT2D eigenvalue weighted by molar-refractivity contribution is 6.31. The number of amides is 4. The molecule has 3 rings (SSSR count). The van der Waals surface area contributed by atoms with Gasteiger partial charge in [0.2, 0.25) is 11.8 Å². The van der Waals surface area contributed by atoms with E-state index in [1.54, 1.807) is 13.0 Å². The number of carbonyl (C=O) groups excluding carboxylic acids is 3. The van der Waals surface area contributed by atoms with E-state index in [1.165, 1.54) is 12.1 Å². The molecular weight excluding hydrogens is 456 g/mol. The molecular formula is C21H17Cl2F3N2O3. The van der Waals surface area contributed by atoms with Gasteiger partial charge in [0.25, 0.3) is 0 Å². The maximum Gasteiger partial charge on any atom is 0.333 e. The molecule has 2 atom stereocenters. The number of alkyl halides is 2. The Bertz CT molecular complexity index is 931. The first-order valence-corrected chi connectivity index (χ1v) is 9.96. The lowest BCUT2D eigenvalue weighted by Gasteiger charge is -2.34. The summed E-state index contributed by atoms with van der Waals surface area (Å²) in [6.07, 6.45) is -4.43. The van der Waals surface area contributed by atoms with Gasteiger partial charge >= 0.3 is 6.03 Å². The van der Waals surface area contributed by atoms with Gasteiger partial charge in [0, 0.05) is 10.0 Å². The number of aryl methyl sites for hydroxylation is 1. The normalized spacial score (nSPS) is 16.6. The molecule has 2 aromatic rings. The summed E-state index contributed by atoms with van der Waals surface area (Å²) in [6, 6.07) is 6.39. The van der Waals surface area contributed by atoms with Crippen LogP contribution in [0.15, 0.2) is 36.4 Å². The number of imide groups is 2. The van der Waals surface area contributed by atoms with Crippen molar-refractivity contribution < 1.29 is 27.6 Å². The van der Waals surface area contributed by atoms with E-state index in [1.807, 2.05) is 0 Å². The van der Waals surface area contributed by atoms with Gasteiger partial charge in [0.15, 0.2) is 0 Å². The van der Waals surface area contributed by atoms with Gasteiger partial charge in [0.05, 0.1) is 13.1 Å². The van der Waals surface area contributed by atoms with Crippen molar-refractivity contribution in [1.29, 1.82) is 0 Å². The Morgan fingerprint density at radius 2 is 1.32 bits per heavy atom. The fraction of sp³-hybridized carbons (Fsp3) is 0.286. The van der Waals surface area contributed by atoms with E-state index < -0.39 is 55.5 Å². The lowest BCUT2D eigenvalue weighted by atomic mass is 10.1. The fourth-order valence-electron chi connectivity index (χ4n) is 3.27. The molecule has 31 heavy (non-hydrogen) atoms. The van der Waals surface area contributed by atoms with Crippen LogP contribution in [0.1, 0.15) is 35.5 Å². The minimum absolute atomic E-state index is 0.0529. The third-order valence-electron chi connectivity index (χ3n) is 4.72. The molecule has 0 aliphatic carbocycles. The number of hydrogen-bond acceptors (Lipinski definition) is 3. The van der Waals surface area contributed by atoms with Gasteiger partial charge < -0.3 is 0 Å². The number of nitrogens with zero attached hydrogens (tertiary/aromatic N) is 2. The first-order chi connectivity index (χ1) is 14.5. The summed E-state index contributed by atoms with van der Waals surface area (Å²) in [5.41, 5.74) is 0.672. The molecule has 0 aromatic heterocycles. The summed E-state index contributed by atoms with van der Waals surface area (Å²) in [5.74, 6) is -2.60. The lowest BCUT2D eigenvalue weighted by Crippen LogP contribution is -2.56. The minimum Gasteiger partial charge on any atom is -0.274 e. The third kappa shape index (κ3) is 5.37. The molecule has 0 unspecified atom stereocenters. The summed E-state index contributed by atoms with van der Waals surface area (Å²) >= 11 is 11.6. The predicted molar refractivity (Wildman–Crippen MR) is 109 cm³/mol. The van der Waals surface area contributed by atoms with Crippen LogP contribution in [0.3, 0.4) is 0 Å². The van der Waals surface area contributed by atoms with E-state index in [4.69, 9.17) is 23.2 Å². The van der Waals surface area contributed by atoms with Crippen molar-refractivity contribution in [2.24, 2.45) is 0 Å². The number of barbiturate groups is 1. The van der Waals surface area contributed by atoms with Crippen LogP contribution in [0.25, 0.3) is 0 Å². The fourth-order valence-corrected chi connectivity index (χ4v) is 3.80. The second-order valence-corrected chi connectivity index (χ2v) is 8.04. The van der Waals surface area contributed by atoms with Crippen LogP contribution >= 0.6 is 23.2 Å². The van der Waals surface area contributed by atoms with Crippen molar-refractivity contribution in [3.8, 4) is 0 Å². The maximum atomic E-state index is 14.8. The average Bonchev–Trinajstić information content (AvgIpc) is 2.66. The van der Waals surface area contributed by atoms with Crippen LogP contribution in [-0.2, 0) is 9.59 Å². The molecule has 1 fully saturated rings. The van der Waals surface area contributed by atoms with Gasteiger partial charge in [-0.1, -0.05) is 29.3 Å². The standard InChI is InChI=1S/C21H17Cl2F3N2O3/c1-11-2-12(4-14(22)3-11)17(25)9-27-19(29)8-20(30)28(21(27)31)10-18(26)13-5-15(23)7-16(24)6-13/h2-7,17-18H,8-10H2,1H3/t17-,18-/m1/s1. The van der Waals surface area contributed by atoms with Crippen molar-refractivity contribution in [2.75, 3.05) is 13.1 Å². The van der Waals surface area contributed by atoms with Crippen LogP contribution < -0.4 is 0 Å². The van der Waals surface area contributed by atoms with E-state index >= 15 is 0 Å². The zero-order valence-corrected chi connectivity index (χ0v) is 17.8. The van der Waals surface area contributed by atoms with Crippen molar-refractivity contribution >= 4 is 41.0 Å². The topological polar surface area (TPSA) is 57.7 Å². The zero-order chi connectivity index (χ0) is 22.9. The number of benzene rings is 2. The van der Waals surface area contributed by atoms with Crippen molar-refractivity contribution in [3.63, 3.8) is 0 Å². The number of carbonyl (C=O) groups is 3. The first kappa shape index (κ1) is 23.1. The van der Waals surface area contributed by atoms with Gasteiger partial charge in [-0.05, 0) is 53.9 Å². The molecule has 1 aliphatic rings. The Morgan fingerprint density at radius 1 is 0.839 bits per heavy atom. The second-order valence-electron chi connectivity index (χ2n) is 7.17. The summed E-state index contributed by atoms with van der Waals surface area (Å²) in [6.45, 7) is 0.276. The Balaban J connectivity index is 1.77. The van der Waals surface area contributed by atoms with E-state index in [9.17, 15) is 27.6 Å². The van der Waals surface area contributed by atoms with Gasteiger partial charge in [-0.25, -0.2) is 18.0 Å². The Labute approximate surface area is 186 Å².